The fourth-order valence-corrected chi connectivity index (χ4v) is 2.23. The minimum atomic E-state index is -2.76. The van der Waals surface area contributed by atoms with Crippen LogP contribution in [0.3, 0.4) is 0 Å². The van der Waals surface area contributed by atoms with E-state index in [1.165, 1.54) is 0 Å². The molecule has 0 aromatic heterocycles. The average Bonchev–Trinajstić information content (AvgIpc) is 2.92. The summed E-state index contributed by atoms with van der Waals surface area (Å²) in [6.07, 6.45) is 1.25. The Morgan fingerprint density at radius 2 is 1.36 bits per heavy atom. The van der Waals surface area contributed by atoms with E-state index in [1.54, 1.807) is 0 Å². The summed E-state index contributed by atoms with van der Waals surface area (Å²) in [7, 11) is -2.76. The first-order chi connectivity index (χ1) is 11.7. The van der Waals surface area contributed by atoms with E-state index in [0.717, 1.165) is 6.42 Å². The van der Waals surface area contributed by atoms with Crippen molar-refractivity contribution >= 4 is 12.6 Å². The molecule has 1 aromatic carbocycles. The molecule has 0 aliphatic carbocycles. The summed E-state index contributed by atoms with van der Waals surface area (Å²) in [6, 6.07) is 0. The van der Waals surface area contributed by atoms with Crippen molar-refractivity contribution in [3.05, 3.63) is 29.1 Å². The van der Waals surface area contributed by atoms with Gasteiger partial charge in [0.1, 0.15) is 0 Å². The van der Waals surface area contributed by atoms with E-state index in [9.17, 15) is 22.0 Å². The van der Waals surface area contributed by atoms with Gasteiger partial charge in [-0.3, -0.25) is 0 Å². The van der Waals surface area contributed by atoms with Crippen LogP contribution in [0.25, 0.3) is 0 Å². The van der Waals surface area contributed by atoms with Gasteiger partial charge in [0.25, 0.3) is 0 Å². The van der Waals surface area contributed by atoms with Crippen LogP contribution in [0.1, 0.15) is 26.7 Å². The molecule has 2 saturated heterocycles. The summed E-state index contributed by atoms with van der Waals surface area (Å²) < 4.78 is 72.8. The molecular formula is C14H18BF5O5. The van der Waals surface area contributed by atoms with Gasteiger partial charge in [-0.1, -0.05) is 13.8 Å². The number of aliphatic hydroxyl groups excluding tert-OH is 1. The third kappa shape index (κ3) is 5.11. The normalized spacial score (nSPS) is 24.0. The molecule has 5 nitrogen and oxygen atoms in total. The van der Waals surface area contributed by atoms with Crippen molar-refractivity contribution in [2.45, 2.75) is 45.2 Å². The first-order valence-electron chi connectivity index (χ1n) is 7.55. The van der Waals surface area contributed by atoms with E-state index < -0.39 is 41.7 Å². The highest BCUT2D eigenvalue weighted by Crippen LogP contribution is 2.26. The second-order valence-corrected chi connectivity index (χ2v) is 5.00. The standard InChI is InChI=1S/C6H2BF5O2.C6H10O3.C2H6/c8-2-1(7(13)14)3(9)5(11)6(12)4(2)10;7-4-1-5-3-8-6(2-4)9-5;1-2/h13-14H;4-7H,1-3H2;1-2H3. The van der Waals surface area contributed by atoms with Crippen LogP contribution in [-0.2, 0) is 9.47 Å². The van der Waals surface area contributed by atoms with Gasteiger partial charge in [-0.05, 0) is 0 Å². The summed E-state index contributed by atoms with van der Waals surface area (Å²) in [5.41, 5.74) is -1.67. The lowest BCUT2D eigenvalue weighted by Crippen LogP contribution is -2.38. The van der Waals surface area contributed by atoms with Crippen molar-refractivity contribution < 1.29 is 46.6 Å². The van der Waals surface area contributed by atoms with Crippen molar-refractivity contribution in [3.63, 3.8) is 0 Å². The van der Waals surface area contributed by atoms with Gasteiger partial charge >= 0.3 is 7.12 Å². The zero-order valence-corrected chi connectivity index (χ0v) is 13.5. The fourth-order valence-electron chi connectivity index (χ4n) is 2.23. The summed E-state index contributed by atoms with van der Waals surface area (Å²) in [5, 5.41) is 25.8. The van der Waals surface area contributed by atoms with Crippen LogP contribution in [0.5, 0.6) is 0 Å². The maximum absolute atomic E-state index is 12.6. The maximum atomic E-state index is 12.6. The van der Waals surface area contributed by atoms with E-state index >= 15 is 0 Å². The first-order valence-corrected chi connectivity index (χ1v) is 7.55. The Labute approximate surface area is 141 Å². The highest BCUT2D eigenvalue weighted by atomic mass is 19.2. The second-order valence-electron chi connectivity index (χ2n) is 5.00. The van der Waals surface area contributed by atoms with Gasteiger partial charge in [0.15, 0.2) is 35.4 Å². The number of hydrogen-bond acceptors (Lipinski definition) is 5. The number of benzene rings is 1. The average molecular weight is 372 g/mol. The van der Waals surface area contributed by atoms with Gasteiger partial charge in [-0.25, -0.2) is 22.0 Å². The third-order valence-corrected chi connectivity index (χ3v) is 3.31. The SMILES string of the molecule is CC.OB(O)c1c(F)c(F)c(F)c(F)c1F.OC1CC2COC(C1)O2. The van der Waals surface area contributed by atoms with Crippen LogP contribution in [0.15, 0.2) is 0 Å². The Morgan fingerprint density at radius 1 is 0.880 bits per heavy atom. The molecule has 2 fully saturated rings. The minimum absolute atomic E-state index is 0.112. The smallest absolute Gasteiger partial charge is 0.423 e. The lowest BCUT2D eigenvalue weighted by atomic mass is 9.79. The Bertz CT molecular complexity index is 548. The van der Waals surface area contributed by atoms with Gasteiger partial charge in [-0.15, -0.1) is 0 Å². The summed E-state index contributed by atoms with van der Waals surface area (Å²) in [5.74, 6) is -11.3. The zero-order valence-electron chi connectivity index (χ0n) is 13.5. The molecule has 3 N–H and O–H groups in total. The summed E-state index contributed by atoms with van der Waals surface area (Å²) in [6.45, 7) is 4.67. The second kappa shape index (κ2) is 9.44. The molecule has 0 spiro atoms. The van der Waals surface area contributed by atoms with Gasteiger partial charge in [-0.2, -0.15) is 0 Å². The van der Waals surface area contributed by atoms with Crippen LogP contribution >= 0.6 is 0 Å². The lowest BCUT2D eigenvalue weighted by Gasteiger charge is -2.21. The predicted octanol–water partition coefficient (Wildman–Crippen LogP) is 0.971. The van der Waals surface area contributed by atoms with Gasteiger partial charge in [0, 0.05) is 12.8 Å². The Morgan fingerprint density at radius 3 is 1.80 bits per heavy atom. The molecule has 3 atom stereocenters. The monoisotopic (exact) mass is 372 g/mol. The van der Waals surface area contributed by atoms with Crippen LogP contribution in [0, 0.1) is 29.1 Å². The van der Waals surface area contributed by atoms with E-state index in [4.69, 9.17) is 24.6 Å². The van der Waals surface area contributed by atoms with Gasteiger partial charge in [0.05, 0.1) is 24.3 Å². The number of rotatable bonds is 1. The molecular weight excluding hydrogens is 354 g/mol. The fraction of sp³-hybridized carbons (Fsp3) is 0.571. The molecule has 0 amide bonds. The number of ether oxygens (including phenoxy) is 2. The van der Waals surface area contributed by atoms with Crippen molar-refractivity contribution in [3.8, 4) is 0 Å². The minimum Gasteiger partial charge on any atom is -0.423 e. The zero-order chi connectivity index (χ0) is 19.3. The molecule has 2 aliphatic rings. The van der Waals surface area contributed by atoms with Gasteiger partial charge < -0.3 is 24.6 Å². The number of aliphatic hydroxyl groups is 1. The van der Waals surface area contributed by atoms with Crippen LogP contribution in [-0.4, -0.2) is 47.4 Å². The molecule has 2 bridgehead atoms. The highest BCUT2D eigenvalue weighted by molar-refractivity contribution is 6.58. The summed E-state index contributed by atoms with van der Waals surface area (Å²) in [4.78, 5) is 0. The molecule has 0 saturated carbocycles. The first kappa shape index (κ1) is 21.8. The van der Waals surface area contributed by atoms with E-state index in [-0.39, 0.29) is 18.5 Å². The molecule has 2 aliphatic heterocycles. The molecule has 2 heterocycles. The topological polar surface area (TPSA) is 79.2 Å². The molecule has 25 heavy (non-hydrogen) atoms. The molecule has 0 radical (unpaired) electrons. The maximum Gasteiger partial charge on any atom is 0.494 e. The Balaban J connectivity index is 0.000000243. The molecule has 11 heteroatoms. The van der Waals surface area contributed by atoms with E-state index in [0.29, 0.717) is 13.0 Å². The molecule has 1 aromatic rings. The van der Waals surface area contributed by atoms with Gasteiger partial charge in [0.2, 0.25) is 0 Å². The lowest BCUT2D eigenvalue weighted by molar-refractivity contribution is -0.116. The van der Waals surface area contributed by atoms with Crippen LogP contribution in [0.4, 0.5) is 22.0 Å². The predicted molar refractivity (Wildman–Crippen MR) is 77.3 cm³/mol. The number of halogens is 5. The van der Waals surface area contributed by atoms with Crippen LogP contribution < -0.4 is 5.46 Å². The summed E-state index contributed by atoms with van der Waals surface area (Å²) >= 11 is 0. The largest absolute Gasteiger partial charge is 0.494 e. The van der Waals surface area contributed by atoms with Crippen molar-refractivity contribution in [2.75, 3.05) is 6.61 Å². The Kier molecular flexibility index (Phi) is 8.22. The van der Waals surface area contributed by atoms with Crippen molar-refractivity contribution in [2.24, 2.45) is 0 Å². The van der Waals surface area contributed by atoms with E-state index in [1.807, 2.05) is 13.8 Å². The number of hydrogen-bond donors (Lipinski definition) is 3. The van der Waals surface area contributed by atoms with Crippen LogP contribution in [0.2, 0.25) is 0 Å². The third-order valence-electron chi connectivity index (χ3n) is 3.31. The van der Waals surface area contributed by atoms with E-state index in [2.05, 4.69) is 0 Å². The molecule has 3 rings (SSSR count). The highest BCUT2D eigenvalue weighted by Gasteiger charge is 2.34. The van der Waals surface area contributed by atoms with Crippen molar-refractivity contribution in [1.29, 1.82) is 0 Å². The van der Waals surface area contributed by atoms with Crippen molar-refractivity contribution in [1.82, 2.24) is 0 Å². The molecule has 3 unspecified atom stereocenters. The quantitative estimate of drug-likeness (QED) is 0.296. The molecule has 142 valence electrons. The number of fused-ring (bicyclic) bond motifs is 2. The Hall–Kier alpha value is -1.27.